The second-order valence-electron chi connectivity index (χ2n) is 4.07. The van der Waals surface area contributed by atoms with Crippen LogP contribution >= 0.6 is 0 Å². The van der Waals surface area contributed by atoms with Gasteiger partial charge in [0.05, 0.1) is 6.61 Å². The number of hydrogen-bond acceptors (Lipinski definition) is 4. The minimum absolute atomic E-state index is 0.0744. The number of rotatable bonds is 7. The van der Waals surface area contributed by atoms with E-state index < -0.39 is 38.7 Å². The molecule has 0 aliphatic carbocycles. The Balaban J connectivity index is 3.10. The molecule has 114 valence electrons. The number of likely N-dealkylation sites (N-methyl/N-ethyl adjacent to an activating group) is 1. The molecule has 0 fully saturated rings. The van der Waals surface area contributed by atoms with Crippen LogP contribution in [0.1, 0.15) is 12.5 Å². The van der Waals surface area contributed by atoms with Crippen molar-refractivity contribution in [2.24, 2.45) is 5.73 Å². The van der Waals surface area contributed by atoms with Crippen molar-refractivity contribution in [3.05, 3.63) is 29.3 Å². The molecule has 0 heterocycles. The van der Waals surface area contributed by atoms with Crippen molar-refractivity contribution in [2.45, 2.75) is 18.4 Å². The van der Waals surface area contributed by atoms with Gasteiger partial charge in [-0.1, -0.05) is 0 Å². The minimum atomic E-state index is -4.04. The number of hydrogen-bond donors (Lipinski definition) is 1. The van der Waals surface area contributed by atoms with Gasteiger partial charge in [-0.15, -0.1) is 0 Å². The van der Waals surface area contributed by atoms with E-state index in [1.165, 1.54) is 7.05 Å². The quantitative estimate of drug-likeness (QED) is 0.765. The fourth-order valence-electron chi connectivity index (χ4n) is 1.59. The van der Waals surface area contributed by atoms with Crippen LogP contribution in [0.25, 0.3) is 0 Å². The van der Waals surface area contributed by atoms with Crippen LogP contribution in [0.4, 0.5) is 8.78 Å². The molecule has 0 aromatic heterocycles. The molecule has 8 heteroatoms. The highest BCUT2D eigenvalue weighted by Gasteiger charge is 2.26. The Morgan fingerprint density at radius 1 is 1.35 bits per heavy atom. The van der Waals surface area contributed by atoms with Crippen molar-refractivity contribution in [1.82, 2.24) is 4.31 Å². The van der Waals surface area contributed by atoms with Crippen LogP contribution in [0, 0.1) is 11.6 Å². The maximum atomic E-state index is 14.0. The van der Waals surface area contributed by atoms with Crippen LogP contribution in [0.3, 0.4) is 0 Å². The number of benzene rings is 1. The van der Waals surface area contributed by atoms with Crippen molar-refractivity contribution in [3.8, 4) is 0 Å². The Bertz CT molecular complexity index is 564. The molecule has 0 bridgehead atoms. The van der Waals surface area contributed by atoms with E-state index in [9.17, 15) is 17.2 Å². The van der Waals surface area contributed by atoms with Crippen molar-refractivity contribution < 1.29 is 21.9 Å². The third kappa shape index (κ3) is 3.51. The molecule has 0 unspecified atom stereocenters. The van der Waals surface area contributed by atoms with Crippen LogP contribution < -0.4 is 5.73 Å². The van der Waals surface area contributed by atoms with Crippen molar-refractivity contribution >= 4 is 10.0 Å². The molecule has 0 saturated carbocycles. The zero-order valence-corrected chi connectivity index (χ0v) is 12.2. The molecule has 0 aliphatic rings. The van der Waals surface area contributed by atoms with Gasteiger partial charge in [-0.25, -0.2) is 17.2 Å². The molecule has 0 aliphatic heterocycles. The van der Waals surface area contributed by atoms with E-state index in [1.807, 2.05) is 0 Å². The molecular weight excluding hydrogens is 290 g/mol. The van der Waals surface area contributed by atoms with Crippen molar-refractivity contribution in [2.75, 3.05) is 26.8 Å². The summed E-state index contributed by atoms with van der Waals surface area (Å²) in [5.41, 5.74) is 4.79. The lowest BCUT2D eigenvalue weighted by Crippen LogP contribution is -2.31. The maximum Gasteiger partial charge on any atom is 0.245 e. The van der Waals surface area contributed by atoms with Crippen molar-refractivity contribution in [3.63, 3.8) is 0 Å². The number of sulfonamides is 1. The Kier molecular flexibility index (Phi) is 6.00. The first-order valence-corrected chi connectivity index (χ1v) is 7.51. The number of nitrogens with two attached hydrogens (primary N) is 1. The lowest BCUT2D eigenvalue weighted by Gasteiger charge is -2.18. The Morgan fingerprint density at radius 2 is 2.00 bits per heavy atom. The number of nitrogens with zero attached hydrogens (tertiary/aromatic N) is 1. The molecule has 20 heavy (non-hydrogen) atoms. The van der Waals surface area contributed by atoms with Gasteiger partial charge in [0.1, 0.15) is 10.7 Å². The molecule has 1 aromatic carbocycles. The standard InChI is InChI=1S/C12H18F2N2O3S/c1-3-19-7-6-16(2)20(17,18)11-5-4-10(13)9(8-15)12(11)14/h4-5H,3,6-8,15H2,1-2H3. The summed E-state index contributed by atoms with van der Waals surface area (Å²) in [7, 11) is -2.74. The molecule has 0 saturated heterocycles. The lowest BCUT2D eigenvalue weighted by atomic mass is 10.2. The fourth-order valence-corrected chi connectivity index (χ4v) is 2.83. The smallest absolute Gasteiger partial charge is 0.245 e. The van der Waals surface area contributed by atoms with Gasteiger partial charge in [-0.05, 0) is 19.1 Å². The van der Waals surface area contributed by atoms with Crippen LogP contribution in [0.15, 0.2) is 17.0 Å². The van der Waals surface area contributed by atoms with E-state index in [0.717, 1.165) is 16.4 Å². The largest absolute Gasteiger partial charge is 0.380 e. The second kappa shape index (κ2) is 7.07. The van der Waals surface area contributed by atoms with Gasteiger partial charge in [0.25, 0.3) is 0 Å². The summed E-state index contributed by atoms with van der Waals surface area (Å²) in [6, 6.07) is 1.80. The van der Waals surface area contributed by atoms with E-state index in [1.54, 1.807) is 6.92 Å². The zero-order valence-electron chi connectivity index (χ0n) is 11.4. The average molecular weight is 308 g/mol. The first kappa shape index (κ1) is 17.0. The third-order valence-corrected chi connectivity index (χ3v) is 4.67. The molecule has 0 spiro atoms. The first-order valence-electron chi connectivity index (χ1n) is 6.07. The van der Waals surface area contributed by atoms with Crippen LogP contribution in [0.5, 0.6) is 0 Å². The lowest BCUT2D eigenvalue weighted by molar-refractivity contribution is 0.138. The second-order valence-corrected chi connectivity index (χ2v) is 6.08. The van der Waals surface area contributed by atoms with Gasteiger partial charge < -0.3 is 10.5 Å². The molecule has 0 amide bonds. The summed E-state index contributed by atoms with van der Waals surface area (Å²) in [5.74, 6) is -2.00. The Labute approximate surface area is 117 Å². The molecule has 2 N–H and O–H groups in total. The predicted molar refractivity (Wildman–Crippen MR) is 70.6 cm³/mol. The normalized spacial score (nSPS) is 12.1. The van der Waals surface area contributed by atoms with Crippen LogP contribution in [-0.4, -0.2) is 39.5 Å². The number of halogens is 2. The summed E-state index contributed by atoms with van der Waals surface area (Å²) in [5, 5.41) is 0. The third-order valence-electron chi connectivity index (χ3n) is 2.80. The van der Waals surface area contributed by atoms with E-state index in [2.05, 4.69) is 0 Å². The maximum absolute atomic E-state index is 14.0. The van der Waals surface area contributed by atoms with Gasteiger partial charge in [-0.3, -0.25) is 0 Å². The molecule has 0 radical (unpaired) electrons. The highest BCUT2D eigenvalue weighted by atomic mass is 32.2. The summed E-state index contributed by atoms with van der Waals surface area (Å²) < 4.78 is 57.7. The summed E-state index contributed by atoms with van der Waals surface area (Å²) in [6.07, 6.45) is 0. The predicted octanol–water partition coefficient (Wildman–Crippen LogP) is 1.08. The Hall–Kier alpha value is -1.09. The van der Waals surface area contributed by atoms with E-state index in [-0.39, 0.29) is 13.2 Å². The van der Waals surface area contributed by atoms with Gasteiger partial charge in [0.15, 0.2) is 5.82 Å². The molecule has 1 rings (SSSR count). The topological polar surface area (TPSA) is 72.6 Å². The molecule has 5 nitrogen and oxygen atoms in total. The summed E-state index contributed by atoms with van der Waals surface area (Å²) in [4.78, 5) is -0.585. The van der Waals surface area contributed by atoms with Gasteiger partial charge in [-0.2, -0.15) is 4.31 Å². The van der Waals surface area contributed by atoms with Gasteiger partial charge in [0, 0.05) is 32.3 Å². The molecule has 0 atom stereocenters. The molecule has 1 aromatic rings. The van der Waals surface area contributed by atoms with Gasteiger partial charge in [0.2, 0.25) is 10.0 Å². The summed E-state index contributed by atoms with van der Waals surface area (Å²) >= 11 is 0. The van der Waals surface area contributed by atoms with Gasteiger partial charge >= 0.3 is 0 Å². The highest BCUT2D eigenvalue weighted by Crippen LogP contribution is 2.23. The monoisotopic (exact) mass is 308 g/mol. The van der Waals surface area contributed by atoms with Crippen molar-refractivity contribution in [1.29, 1.82) is 0 Å². The minimum Gasteiger partial charge on any atom is -0.380 e. The zero-order chi connectivity index (χ0) is 15.3. The van der Waals surface area contributed by atoms with E-state index in [4.69, 9.17) is 10.5 Å². The van der Waals surface area contributed by atoms with Crippen LogP contribution in [-0.2, 0) is 21.3 Å². The SMILES string of the molecule is CCOCCN(C)S(=O)(=O)c1ccc(F)c(CN)c1F. The fraction of sp³-hybridized carbons (Fsp3) is 0.500. The summed E-state index contributed by atoms with van der Waals surface area (Å²) in [6.45, 7) is 2.09. The number of ether oxygens (including phenoxy) is 1. The highest BCUT2D eigenvalue weighted by molar-refractivity contribution is 7.89. The molecular formula is C12H18F2N2O3S. The van der Waals surface area contributed by atoms with E-state index in [0.29, 0.717) is 6.61 Å². The first-order chi connectivity index (χ1) is 9.36. The average Bonchev–Trinajstić information content (AvgIpc) is 2.39. The van der Waals surface area contributed by atoms with Crippen LogP contribution in [0.2, 0.25) is 0 Å². The Morgan fingerprint density at radius 3 is 2.55 bits per heavy atom. The van der Waals surface area contributed by atoms with E-state index >= 15 is 0 Å².